The smallest absolute Gasteiger partial charge is 0.264 e. The summed E-state index contributed by atoms with van der Waals surface area (Å²) in [6.07, 6.45) is 3.29. The summed E-state index contributed by atoms with van der Waals surface area (Å²) in [5.41, 5.74) is 3.93. The van der Waals surface area contributed by atoms with Gasteiger partial charge in [0.05, 0.1) is 31.8 Å². The molecule has 0 saturated carbocycles. The fourth-order valence-corrected chi connectivity index (χ4v) is 5.44. The number of aromatic nitrogens is 3. The maximum Gasteiger partial charge on any atom is 0.264 e. The van der Waals surface area contributed by atoms with Crippen molar-refractivity contribution in [3.8, 4) is 51.3 Å². The highest BCUT2D eigenvalue weighted by Gasteiger charge is 2.28. The molecule has 9 heteroatoms. The van der Waals surface area contributed by atoms with Crippen molar-refractivity contribution in [2.24, 2.45) is 0 Å². The Labute approximate surface area is 242 Å². The number of aromatic hydroxyl groups is 1. The molecule has 0 radical (unpaired) electrons. The standard InChI is InChI=1S/C33H31N3O6/c1-4-5-13-22-27(28-24(39-2)15-9-16-25(28)40-3)30(37)29(32(38)34-22)33-36-35-26(42-33)18-21-12-8-11-20-17-19-10-6-7-14-23(19)41-31(20)21/h6-12,14-16H,4-5,13,17-18H2,1-3H3,(H2,34,37,38). The molecule has 0 amide bonds. The second kappa shape index (κ2) is 11.4. The van der Waals surface area contributed by atoms with Crippen LogP contribution in [0.25, 0.3) is 22.6 Å². The summed E-state index contributed by atoms with van der Waals surface area (Å²) >= 11 is 0. The molecule has 6 rings (SSSR count). The molecule has 0 atom stereocenters. The van der Waals surface area contributed by atoms with Crippen LogP contribution in [0.5, 0.6) is 28.7 Å². The van der Waals surface area contributed by atoms with Gasteiger partial charge in [-0.25, -0.2) is 0 Å². The quantitative estimate of drug-likeness (QED) is 0.205. The first-order valence-electron chi connectivity index (χ1n) is 13.9. The van der Waals surface area contributed by atoms with Gasteiger partial charge in [0.25, 0.3) is 11.4 Å². The Morgan fingerprint density at radius 3 is 2.40 bits per heavy atom. The molecule has 0 bridgehead atoms. The number of hydrogen-bond acceptors (Lipinski definition) is 8. The molecule has 2 aromatic heterocycles. The van der Waals surface area contributed by atoms with Crippen LogP contribution in [0.3, 0.4) is 0 Å². The lowest BCUT2D eigenvalue weighted by Crippen LogP contribution is -2.14. The third-order valence-corrected chi connectivity index (χ3v) is 7.49. The van der Waals surface area contributed by atoms with Gasteiger partial charge >= 0.3 is 0 Å². The van der Waals surface area contributed by atoms with Gasteiger partial charge in [-0.1, -0.05) is 55.8 Å². The molecule has 0 unspecified atom stereocenters. The lowest BCUT2D eigenvalue weighted by atomic mass is 9.96. The van der Waals surface area contributed by atoms with E-state index in [2.05, 4.69) is 28.2 Å². The number of aromatic amines is 1. The first kappa shape index (κ1) is 27.1. The van der Waals surface area contributed by atoms with Crippen LogP contribution in [0.15, 0.2) is 69.9 Å². The van der Waals surface area contributed by atoms with Gasteiger partial charge in [-0.05, 0) is 42.2 Å². The number of hydrogen-bond donors (Lipinski definition) is 2. The van der Waals surface area contributed by atoms with Gasteiger partial charge in [-0.15, -0.1) is 10.2 Å². The van der Waals surface area contributed by atoms with Crippen molar-refractivity contribution in [1.29, 1.82) is 0 Å². The predicted molar refractivity (Wildman–Crippen MR) is 158 cm³/mol. The molecule has 0 aliphatic carbocycles. The van der Waals surface area contributed by atoms with Crippen LogP contribution in [-0.4, -0.2) is 34.5 Å². The Hall–Kier alpha value is -5.05. The lowest BCUT2D eigenvalue weighted by Gasteiger charge is -2.22. The van der Waals surface area contributed by atoms with Crippen molar-refractivity contribution in [2.45, 2.75) is 39.0 Å². The zero-order chi connectivity index (χ0) is 29.2. The Morgan fingerprint density at radius 2 is 1.64 bits per heavy atom. The number of nitrogens with one attached hydrogen (secondary N) is 1. The SMILES string of the molecule is CCCCc1[nH]c(=O)c(-c2nnc(Cc3cccc4c3Oc3ccccc3C4)o2)c(O)c1-c1c(OC)cccc1OC. The second-order valence-electron chi connectivity index (χ2n) is 10.1. The van der Waals surface area contributed by atoms with Crippen molar-refractivity contribution in [1.82, 2.24) is 15.2 Å². The topological polar surface area (TPSA) is 120 Å². The third-order valence-electron chi connectivity index (χ3n) is 7.49. The van der Waals surface area contributed by atoms with Crippen LogP contribution in [0, 0.1) is 0 Å². The van der Waals surface area contributed by atoms with Crippen LogP contribution < -0.4 is 19.8 Å². The van der Waals surface area contributed by atoms with Crippen molar-refractivity contribution >= 4 is 0 Å². The summed E-state index contributed by atoms with van der Waals surface area (Å²) in [4.78, 5) is 16.3. The monoisotopic (exact) mass is 565 g/mol. The summed E-state index contributed by atoms with van der Waals surface area (Å²) in [6.45, 7) is 2.06. The third kappa shape index (κ3) is 4.87. The molecular weight excluding hydrogens is 534 g/mol. The van der Waals surface area contributed by atoms with Crippen molar-refractivity contribution in [2.75, 3.05) is 14.2 Å². The fourth-order valence-electron chi connectivity index (χ4n) is 5.44. The number of rotatable bonds is 9. The van der Waals surface area contributed by atoms with E-state index in [9.17, 15) is 9.90 Å². The minimum atomic E-state index is -0.525. The second-order valence-corrected chi connectivity index (χ2v) is 10.1. The number of fused-ring (bicyclic) bond motifs is 2. The zero-order valence-corrected chi connectivity index (χ0v) is 23.7. The maximum absolute atomic E-state index is 13.4. The molecule has 3 heterocycles. The molecule has 1 aliphatic heterocycles. The first-order chi connectivity index (χ1) is 20.5. The summed E-state index contributed by atoms with van der Waals surface area (Å²) in [7, 11) is 3.09. The first-order valence-corrected chi connectivity index (χ1v) is 13.9. The lowest BCUT2D eigenvalue weighted by molar-refractivity contribution is 0.396. The fraction of sp³-hybridized carbons (Fsp3) is 0.242. The van der Waals surface area contributed by atoms with E-state index < -0.39 is 5.56 Å². The van der Waals surface area contributed by atoms with E-state index in [0.717, 1.165) is 47.5 Å². The van der Waals surface area contributed by atoms with Gasteiger partial charge in [0.15, 0.2) is 0 Å². The maximum atomic E-state index is 13.4. The number of para-hydroxylation sites is 2. The number of H-pyrrole nitrogens is 1. The summed E-state index contributed by atoms with van der Waals surface area (Å²) in [5.74, 6) is 2.48. The highest BCUT2D eigenvalue weighted by Crippen LogP contribution is 2.46. The van der Waals surface area contributed by atoms with E-state index in [4.69, 9.17) is 18.6 Å². The number of unbranched alkanes of at least 4 members (excludes halogenated alkanes) is 1. The van der Waals surface area contributed by atoms with Crippen LogP contribution in [0.4, 0.5) is 0 Å². The summed E-state index contributed by atoms with van der Waals surface area (Å²) in [6, 6.07) is 19.3. The zero-order valence-electron chi connectivity index (χ0n) is 23.7. The molecule has 0 spiro atoms. The van der Waals surface area contributed by atoms with E-state index >= 15 is 0 Å². The number of ether oxygens (including phenoxy) is 3. The average Bonchev–Trinajstić information content (AvgIpc) is 3.46. The Morgan fingerprint density at radius 1 is 0.905 bits per heavy atom. The van der Waals surface area contributed by atoms with E-state index in [0.29, 0.717) is 41.2 Å². The highest BCUT2D eigenvalue weighted by molar-refractivity contribution is 5.87. The van der Waals surface area contributed by atoms with Gasteiger partial charge in [-0.2, -0.15) is 0 Å². The van der Waals surface area contributed by atoms with E-state index in [-0.39, 0.29) is 23.1 Å². The van der Waals surface area contributed by atoms with Crippen LogP contribution >= 0.6 is 0 Å². The van der Waals surface area contributed by atoms with Crippen molar-refractivity contribution in [3.05, 3.63) is 99.3 Å². The Kier molecular flexibility index (Phi) is 7.39. The van der Waals surface area contributed by atoms with Gasteiger partial charge in [-0.3, -0.25) is 4.79 Å². The summed E-state index contributed by atoms with van der Waals surface area (Å²) in [5, 5.41) is 20.1. The van der Waals surface area contributed by atoms with Gasteiger partial charge < -0.3 is 28.7 Å². The van der Waals surface area contributed by atoms with Crippen molar-refractivity contribution < 1.29 is 23.7 Å². The van der Waals surface area contributed by atoms with E-state index in [1.165, 1.54) is 0 Å². The molecule has 2 N–H and O–H groups in total. The normalized spacial score (nSPS) is 11.9. The van der Waals surface area contributed by atoms with E-state index in [1.807, 2.05) is 36.4 Å². The summed E-state index contributed by atoms with van der Waals surface area (Å²) < 4.78 is 23.5. The number of aryl methyl sites for hydroxylation is 1. The predicted octanol–water partition coefficient (Wildman–Crippen LogP) is 6.44. The molecule has 0 fully saturated rings. The molecule has 214 valence electrons. The van der Waals surface area contributed by atoms with Crippen molar-refractivity contribution in [3.63, 3.8) is 0 Å². The largest absolute Gasteiger partial charge is 0.506 e. The van der Waals surface area contributed by atoms with Crippen LogP contribution in [0.1, 0.15) is 48.0 Å². The molecule has 5 aromatic rings. The minimum absolute atomic E-state index is 0.0861. The van der Waals surface area contributed by atoms with Gasteiger partial charge in [0.2, 0.25) is 5.89 Å². The van der Waals surface area contributed by atoms with Gasteiger partial charge in [0.1, 0.15) is 34.3 Å². The molecule has 9 nitrogen and oxygen atoms in total. The number of benzene rings is 3. The molecular formula is C33H31N3O6. The number of nitrogens with zero attached hydrogens (tertiary/aromatic N) is 2. The Balaban J connectivity index is 1.41. The highest BCUT2D eigenvalue weighted by atomic mass is 16.5. The molecule has 42 heavy (non-hydrogen) atoms. The average molecular weight is 566 g/mol. The molecule has 3 aromatic carbocycles. The molecule has 1 aliphatic rings. The Bertz CT molecular complexity index is 1800. The minimum Gasteiger partial charge on any atom is -0.506 e. The van der Waals surface area contributed by atoms with E-state index in [1.54, 1.807) is 32.4 Å². The van der Waals surface area contributed by atoms with Crippen LogP contribution in [0.2, 0.25) is 0 Å². The molecule has 0 saturated heterocycles. The van der Waals surface area contributed by atoms with Gasteiger partial charge in [0, 0.05) is 17.7 Å². The number of pyridine rings is 1. The number of methoxy groups -OCH3 is 2. The van der Waals surface area contributed by atoms with Crippen LogP contribution in [-0.2, 0) is 19.3 Å².